The molecule has 0 aliphatic heterocycles. The van der Waals surface area contributed by atoms with E-state index in [1.54, 1.807) is 11.3 Å². The third-order valence-electron chi connectivity index (χ3n) is 2.71. The van der Waals surface area contributed by atoms with E-state index in [1.807, 2.05) is 20.8 Å². The highest BCUT2D eigenvalue weighted by Crippen LogP contribution is 2.28. The van der Waals surface area contributed by atoms with Crippen LogP contribution >= 0.6 is 22.9 Å². The summed E-state index contributed by atoms with van der Waals surface area (Å²) in [4.78, 5) is 21.0. The first-order valence-electron chi connectivity index (χ1n) is 5.18. The van der Waals surface area contributed by atoms with Crippen LogP contribution in [0.2, 0.25) is 0 Å². The number of H-pyrrole nitrogens is 1. The van der Waals surface area contributed by atoms with Crippen molar-refractivity contribution in [3.05, 3.63) is 26.6 Å². The number of nitrogens with one attached hydrogen (secondary N) is 1. The van der Waals surface area contributed by atoms with Gasteiger partial charge in [0, 0.05) is 4.88 Å². The second-order valence-electron chi connectivity index (χ2n) is 3.79. The van der Waals surface area contributed by atoms with Gasteiger partial charge in [0.05, 0.1) is 10.8 Å². The summed E-state index contributed by atoms with van der Waals surface area (Å²) in [6.45, 7) is 5.91. The lowest BCUT2D eigenvalue weighted by atomic mass is 10.2. The van der Waals surface area contributed by atoms with Crippen molar-refractivity contribution in [3.63, 3.8) is 0 Å². The Bertz CT molecular complexity index is 587. The third kappa shape index (κ3) is 1.76. The van der Waals surface area contributed by atoms with E-state index in [0.29, 0.717) is 11.2 Å². The van der Waals surface area contributed by atoms with Crippen LogP contribution < -0.4 is 5.56 Å². The van der Waals surface area contributed by atoms with E-state index in [1.165, 1.54) is 0 Å². The monoisotopic (exact) mass is 256 g/mol. The molecule has 2 aromatic rings. The Morgan fingerprint density at radius 3 is 2.81 bits per heavy atom. The molecular weight excluding hydrogens is 244 g/mol. The molecule has 0 aliphatic carbocycles. The van der Waals surface area contributed by atoms with Crippen molar-refractivity contribution in [1.82, 2.24) is 9.97 Å². The van der Waals surface area contributed by atoms with Crippen molar-refractivity contribution in [2.24, 2.45) is 0 Å². The summed E-state index contributed by atoms with van der Waals surface area (Å²) >= 11 is 7.63. The first kappa shape index (κ1) is 11.6. The van der Waals surface area contributed by atoms with E-state index >= 15 is 0 Å². The number of aryl methyl sites for hydroxylation is 2. The van der Waals surface area contributed by atoms with Crippen LogP contribution in [0, 0.1) is 13.8 Å². The summed E-state index contributed by atoms with van der Waals surface area (Å²) in [5.41, 5.74) is 0.934. The van der Waals surface area contributed by atoms with Crippen LogP contribution in [0.25, 0.3) is 10.2 Å². The van der Waals surface area contributed by atoms with Crippen molar-refractivity contribution in [2.75, 3.05) is 0 Å². The zero-order valence-corrected chi connectivity index (χ0v) is 11.0. The van der Waals surface area contributed by atoms with Crippen molar-refractivity contribution in [2.45, 2.75) is 32.6 Å². The highest BCUT2D eigenvalue weighted by Gasteiger charge is 2.14. The molecule has 0 saturated carbocycles. The molecule has 0 aliphatic rings. The summed E-state index contributed by atoms with van der Waals surface area (Å²) in [7, 11) is 0. The number of halogens is 1. The zero-order valence-electron chi connectivity index (χ0n) is 9.43. The summed E-state index contributed by atoms with van der Waals surface area (Å²) in [5.74, 6) is 0.572. The van der Waals surface area contributed by atoms with Gasteiger partial charge in [-0.1, -0.05) is 6.92 Å². The highest BCUT2D eigenvalue weighted by molar-refractivity contribution is 7.18. The molecule has 3 nitrogen and oxygen atoms in total. The molecule has 5 heteroatoms. The molecule has 0 radical (unpaired) electrons. The molecular formula is C11H13ClN2OS. The van der Waals surface area contributed by atoms with Crippen LogP contribution in [0.5, 0.6) is 0 Å². The average molecular weight is 257 g/mol. The molecule has 2 rings (SSSR count). The minimum Gasteiger partial charge on any atom is -0.309 e. The van der Waals surface area contributed by atoms with Gasteiger partial charge in [0.15, 0.2) is 0 Å². The molecule has 16 heavy (non-hydrogen) atoms. The van der Waals surface area contributed by atoms with Crippen LogP contribution in [0.1, 0.15) is 35.0 Å². The summed E-state index contributed by atoms with van der Waals surface area (Å²) in [6, 6.07) is 0. The Morgan fingerprint density at radius 2 is 2.19 bits per heavy atom. The quantitative estimate of drug-likeness (QED) is 0.838. The Labute approximate surface area is 102 Å². The molecule has 1 atom stereocenters. The minimum atomic E-state index is -0.222. The third-order valence-corrected chi connectivity index (χ3v) is 4.33. The molecule has 0 saturated heterocycles. The Hall–Kier alpha value is -0.870. The van der Waals surface area contributed by atoms with E-state index < -0.39 is 0 Å². The number of nitrogens with zero attached hydrogens (tertiary/aromatic N) is 1. The second-order valence-corrected chi connectivity index (χ2v) is 5.52. The van der Waals surface area contributed by atoms with Gasteiger partial charge in [0.1, 0.15) is 10.7 Å². The lowest BCUT2D eigenvalue weighted by molar-refractivity contribution is 0.807. The predicted molar refractivity (Wildman–Crippen MR) is 68.6 cm³/mol. The molecule has 0 aromatic carbocycles. The van der Waals surface area contributed by atoms with Gasteiger partial charge in [-0.15, -0.1) is 22.9 Å². The fraction of sp³-hybridized carbons (Fsp3) is 0.455. The second kappa shape index (κ2) is 4.18. The number of aromatic amines is 1. The van der Waals surface area contributed by atoms with Crippen molar-refractivity contribution >= 4 is 33.2 Å². The maximum atomic E-state index is 11.9. The number of alkyl halides is 1. The van der Waals surface area contributed by atoms with Crippen molar-refractivity contribution in [3.8, 4) is 0 Å². The van der Waals surface area contributed by atoms with E-state index in [4.69, 9.17) is 11.6 Å². The maximum absolute atomic E-state index is 11.9. The molecule has 2 heterocycles. The SMILES string of the molecule is CCC(Cl)c1nc2sc(C)c(C)c2c(=O)[nH]1. The molecule has 0 spiro atoms. The molecule has 86 valence electrons. The molecule has 0 fully saturated rings. The normalized spacial score (nSPS) is 13.2. The van der Waals surface area contributed by atoms with Crippen molar-refractivity contribution in [1.29, 1.82) is 0 Å². The number of rotatable bonds is 2. The standard InChI is InChI=1S/C11H13ClN2OS/c1-4-7(12)9-13-10(15)8-5(2)6(3)16-11(8)14-9/h7H,4H2,1-3H3,(H,13,14,15). The Balaban J connectivity index is 2.73. The van der Waals surface area contributed by atoms with Crippen LogP contribution in [-0.2, 0) is 0 Å². The lowest BCUT2D eigenvalue weighted by Gasteiger charge is -2.04. The van der Waals surface area contributed by atoms with Gasteiger partial charge in [-0.3, -0.25) is 4.79 Å². The Morgan fingerprint density at radius 1 is 1.50 bits per heavy atom. The summed E-state index contributed by atoms with van der Waals surface area (Å²) in [6.07, 6.45) is 0.749. The molecule has 0 bridgehead atoms. The van der Waals surface area contributed by atoms with E-state index in [-0.39, 0.29) is 10.9 Å². The number of thiophene rings is 1. The number of aromatic nitrogens is 2. The van der Waals surface area contributed by atoms with Crippen LogP contribution in [0.3, 0.4) is 0 Å². The van der Waals surface area contributed by atoms with Crippen LogP contribution in [-0.4, -0.2) is 9.97 Å². The summed E-state index contributed by atoms with van der Waals surface area (Å²) < 4.78 is 0. The van der Waals surface area contributed by atoms with Gasteiger partial charge < -0.3 is 4.98 Å². The molecule has 0 amide bonds. The average Bonchev–Trinajstić information content (AvgIpc) is 2.54. The Kier molecular flexibility index (Phi) is 3.04. The van der Waals surface area contributed by atoms with E-state index in [9.17, 15) is 4.79 Å². The van der Waals surface area contributed by atoms with E-state index in [0.717, 1.165) is 21.7 Å². The van der Waals surface area contributed by atoms with Gasteiger partial charge >= 0.3 is 0 Å². The highest BCUT2D eigenvalue weighted by atomic mass is 35.5. The predicted octanol–water partition coefficient (Wildman–Crippen LogP) is 3.29. The van der Waals surface area contributed by atoms with Gasteiger partial charge in [-0.25, -0.2) is 4.98 Å². The van der Waals surface area contributed by atoms with Gasteiger partial charge in [0.2, 0.25) is 0 Å². The van der Waals surface area contributed by atoms with Crippen LogP contribution in [0.4, 0.5) is 0 Å². The van der Waals surface area contributed by atoms with Crippen molar-refractivity contribution < 1.29 is 0 Å². The van der Waals surface area contributed by atoms with Crippen LogP contribution in [0.15, 0.2) is 4.79 Å². The smallest absolute Gasteiger partial charge is 0.259 e. The molecule has 1 N–H and O–H groups in total. The lowest BCUT2D eigenvalue weighted by Crippen LogP contribution is -2.12. The summed E-state index contributed by atoms with van der Waals surface area (Å²) in [5, 5.41) is 0.478. The molecule has 2 aromatic heterocycles. The number of hydrogen-bond donors (Lipinski definition) is 1. The topological polar surface area (TPSA) is 45.8 Å². The largest absolute Gasteiger partial charge is 0.309 e. The number of hydrogen-bond acceptors (Lipinski definition) is 3. The van der Waals surface area contributed by atoms with Gasteiger partial charge in [-0.05, 0) is 25.8 Å². The number of fused-ring (bicyclic) bond motifs is 1. The fourth-order valence-corrected chi connectivity index (χ4v) is 2.75. The fourth-order valence-electron chi connectivity index (χ4n) is 1.61. The van der Waals surface area contributed by atoms with E-state index in [2.05, 4.69) is 9.97 Å². The maximum Gasteiger partial charge on any atom is 0.259 e. The molecule has 1 unspecified atom stereocenters. The van der Waals surface area contributed by atoms with Gasteiger partial charge in [0.25, 0.3) is 5.56 Å². The van der Waals surface area contributed by atoms with Gasteiger partial charge in [-0.2, -0.15) is 0 Å². The first-order chi connectivity index (χ1) is 7.54. The minimum absolute atomic E-state index is 0.0825. The first-order valence-corrected chi connectivity index (χ1v) is 6.43. The zero-order chi connectivity index (χ0) is 11.9.